The Morgan fingerprint density at radius 3 is 2.46 bits per heavy atom. The van der Waals surface area contributed by atoms with Crippen molar-refractivity contribution >= 4 is 28.9 Å². The van der Waals surface area contributed by atoms with Gasteiger partial charge < -0.3 is 9.84 Å². The number of hydrogen-bond donors (Lipinski definition) is 1. The smallest absolute Gasteiger partial charge is 0.335 e. The molecule has 1 saturated heterocycles. The van der Waals surface area contributed by atoms with Crippen LogP contribution in [-0.2, 0) is 4.74 Å². The fraction of sp³-hybridized carbons (Fsp3) is 0.238. The fourth-order valence-electron chi connectivity index (χ4n) is 3.56. The number of ether oxygens (including phenoxy) is 1. The molecule has 2 aromatic rings. The number of carbonyl (C=O) groups is 3. The molecule has 1 aliphatic heterocycles. The van der Waals surface area contributed by atoms with E-state index < -0.39 is 12.0 Å². The van der Waals surface area contributed by atoms with E-state index in [2.05, 4.69) is 4.99 Å². The summed E-state index contributed by atoms with van der Waals surface area (Å²) in [4.78, 5) is 44.0. The molecule has 1 aliphatic carbocycles. The zero-order chi connectivity index (χ0) is 19.7. The van der Waals surface area contributed by atoms with Gasteiger partial charge in [-0.1, -0.05) is 30.3 Å². The number of carboxylic acid groups (broad SMARTS) is 1. The summed E-state index contributed by atoms with van der Waals surface area (Å²) < 4.78 is 5.37. The number of aliphatic imine (C=N–C) groups is 1. The van der Waals surface area contributed by atoms with Crippen molar-refractivity contribution in [3.63, 3.8) is 0 Å². The monoisotopic (exact) mass is 378 g/mol. The Bertz CT molecular complexity index is 992. The van der Waals surface area contributed by atoms with Gasteiger partial charge in [0, 0.05) is 24.2 Å². The molecule has 0 spiro atoms. The summed E-state index contributed by atoms with van der Waals surface area (Å²) in [7, 11) is 0. The molecule has 0 radical (unpaired) electrons. The third-order valence-corrected chi connectivity index (χ3v) is 4.93. The first-order valence-electron chi connectivity index (χ1n) is 8.98. The zero-order valence-electron chi connectivity index (χ0n) is 15.0. The maximum atomic E-state index is 13.2. The van der Waals surface area contributed by atoms with Crippen molar-refractivity contribution in [2.75, 3.05) is 26.3 Å². The average Bonchev–Trinajstić information content (AvgIpc) is 2.73. The van der Waals surface area contributed by atoms with Crippen LogP contribution in [0.5, 0.6) is 0 Å². The number of rotatable bonds is 3. The first kappa shape index (κ1) is 18.2. The number of nitrogens with zero attached hydrogens (tertiary/aromatic N) is 2. The summed E-state index contributed by atoms with van der Waals surface area (Å²) >= 11 is 0. The van der Waals surface area contributed by atoms with E-state index in [0.29, 0.717) is 43.1 Å². The molecule has 2 aliphatic rings. The first-order valence-corrected chi connectivity index (χ1v) is 8.98. The van der Waals surface area contributed by atoms with Gasteiger partial charge in [-0.3, -0.25) is 14.5 Å². The number of fused-ring (bicyclic) bond motifs is 1. The molecule has 1 atom stereocenters. The van der Waals surface area contributed by atoms with Gasteiger partial charge in [-0.15, -0.1) is 0 Å². The number of benzene rings is 2. The molecule has 7 heteroatoms. The molecule has 0 saturated carbocycles. The summed E-state index contributed by atoms with van der Waals surface area (Å²) in [5.74, 6) is -1.57. The van der Waals surface area contributed by atoms with Crippen molar-refractivity contribution in [1.29, 1.82) is 0 Å². The van der Waals surface area contributed by atoms with E-state index in [1.807, 2.05) is 4.90 Å². The van der Waals surface area contributed by atoms with Crippen LogP contribution in [0.15, 0.2) is 53.5 Å². The first-order chi connectivity index (χ1) is 13.6. The lowest BCUT2D eigenvalue weighted by Gasteiger charge is -2.36. The Labute approximate surface area is 161 Å². The maximum absolute atomic E-state index is 13.2. The fourth-order valence-corrected chi connectivity index (χ4v) is 3.56. The van der Waals surface area contributed by atoms with E-state index in [1.54, 1.807) is 36.4 Å². The lowest BCUT2D eigenvalue weighted by molar-refractivity contribution is 0.0278. The summed E-state index contributed by atoms with van der Waals surface area (Å²) in [6.07, 6.45) is 0. The standard InChI is InChI=1S/C21H18N2O5/c24-19-15-6-1-2-7-16(15)20(25)18(23-8-10-28-11-9-23)17(19)22-14-5-3-4-13(12-14)21(26)27/h1-7,12,18H,8-11H2,(H,26,27). The van der Waals surface area contributed by atoms with E-state index in [4.69, 9.17) is 4.74 Å². The number of hydrogen-bond acceptors (Lipinski definition) is 6. The van der Waals surface area contributed by atoms with Gasteiger partial charge in [-0.05, 0) is 18.2 Å². The van der Waals surface area contributed by atoms with Crippen LogP contribution in [-0.4, -0.2) is 65.6 Å². The Hall–Kier alpha value is -3.16. The summed E-state index contributed by atoms with van der Waals surface area (Å²) in [5, 5.41) is 9.20. The molecule has 0 bridgehead atoms. The average molecular weight is 378 g/mol. The second kappa shape index (κ2) is 7.46. The molecule has 2 aromatic carbocycles. The van der Waals surface area contributed by atoms with E-state index in [1.165, 1.54) is 12.1 Å². The number of aromatic carboxylic acids is 1. The summed E-state index contributed by atoms with van der Waals surface area (Å²) in [6.45, 7) is 1.98. The third-order valence-electron chi connectivity index (χ3n) is 4.93. The quantitative estimate of drug-likeness (QED) is 0.880. The van der Waals surface area contributed by atoms with Crippen LogP contribution < -0.4 is 0 Å². The minimum atomic E-state index is -1.08. The minimum Gasteiger partial charge on any atom is -0.478 e. The van der Waals surface area contributed by atoms with E-state index in [9.17, 15) is 19.5 Å². The molecule has 4 rings (SSSR count). The van der Waals surface area contributed by atoms with Gasteiger partial charge in [0.2, 0.25) is 5.78 Å². The van der Waals surface area contributed by atoms with Crippen LogP contribution >= 0.6 is 0 Å². The van der Waals surface area contributed by atoms with Gasteiger partial charge in [0.1, 0.15) is 11.8 Å². The molecule has 1 N–H and O–H groups in total. The number of carboxylic acids is 1. The molecular weight excluding hydrogens is 360 g/mol. The van der Waals surface area contributed by atoms with Crippen molar-refractivity contribution in [3.8, 4) is 0 Å². The van der Waals surface area contributed by atoms with Crippen molar-refractivity contribution < 1.29 is 24.2 Å². The van der Waals surface area contributed by atoms with Gasteiger partial charge in [0.25, 0.3) is 0 Å². The van der Waals surface area contributed by atoms with Gasteiger partial charge in [0.05, 0.1) is 24.5 Å². The predicted octanol–water partition coefficient (Wildman–Crippen LogP) is 2.24. The number of Topliss-reactive ketones (excluding diaryl/α,β-unsaturated/α-hetero) is 2. The largest absolute Gasteiger partial charge is 0.478 e. The summed E-state index contributed by atoms with van der Waals surface area (Å²) in [5.41, 5.74) is 1.23. The van der Waals surface area contributed by atoms with Crippen LogP contribution in [0.3, 0.4) is 0 Å². The van der Waals surface area contributed by atoms with Gasteiger partial charge in [0.15, 0.2) is 5.78 Å². The van der Waals surface area contributed by atoms with Crippen LogP contribution in [0, 0.1) is 0 Å². The lowest BCUT2D eigenvalue weighted by Crippen LogP contribution is -2.55. The van der Waals surface area contributed by atoms with Crippen molar-refractivity contribution in [3.05, 3.63) is 65.2 Å². The number of carbonyl (C=O) groups excluding carboxylic acids is 2. The third kappa shape index (κ3) is 3.26. The highest BCUT2D eigenvalue weighted by Gasteiger charge is 2.42. The molecule has 0 amide bonds. The Balaban J connectivity index is 1.84. The maximum Gasteiger partial charge on any atom is 0.335 e. The SMILES string of the molecule is O=C(O)c1cccc(N=C2C(=O)c3ccccc3C(=O)C2N2CCOCC2)c1. The van der Waals surface area contributed by atoms with Gasteiger partial charge >= 0.3 is 5.97 Å². The van der Waals surface area contributed by atoms with Crippen molar-refractivity contribution in [2.45, 2.75) is 6.04 Å². The van der Waals surface area contributed by atoms with Crippen LogP contribution in [0.25, 0.3) is 0 Å². The normalized spacial score (nSPS) is 21.6. The second-order valence-corrected chi connectivity index (χ2v) is 6.64. The highest BCUT2D eigenvalue weighted by molar-refractivity contribution is 6.55. The second-order valence-electron chi connectivity index (χ2n) is 6.64. The van der Waals surface area contributed by atoms with Gasteiger partial charge in [-0.25, -0.2) is 9.79 Å². The molecule has 1 unspecified atom stereocenters. The van der Waals surface area contributed by atoms with E-state index in [-0.39, 0.29) is 22.8 Å². The molecule has 7 nitrogen and oxygen atoms in total. The highest BCUT2D eigenvalue weighted by atomic mass is 16.5. The van der Waals surface area contributed by atoms with Gasteiger partial charge in [-0.2, -0.15) is 0 Å². The Morgan fingerprint density at radius 1 is 1.04 bits per heavy atom. The Morgan fingerprint density at radius 2 is 1.75 bits per heavy atom. The highest BCUT2D eigenvalue weighted by Crippen LogP contribution is 2.26. The molecule has 142 valence electrons. The van der Waals surface area contributed by atoms with Crippen molar-refractivity contribution in [2.24, 2.45) is 4.99 Å². The molecule has 1 fully saturated rings. The van der Waals surface area contributed by atoms with Crippen LogP contribution in [0.2, 0.25) is 0 Å². The van der Waals surface area contributed by atoms with E-state index in [0.717, 1.165) is 0 Å². The summed E-state index contributed by atoms with van der Waals surface area (Å²) in [6, 6.07) is 11.9. The number of morpholine rings is 1. The minimum absolute atomic E-state index is 0.0692. The van der Waals surface area contributed by atoms with Crippen LogP contribution in [0.4, 0.5) is 5.69 Å². The lowest BCUT2D eigenvalue weighted by atomic mass is 9.83. The zero-order valence-corrected chi connectivity index (χ0v) is 15.0. The molecule has 28 heavy (non-hydrogen) atoms. The number of ketones is 2. The molecule has 0 aromatic heterocycles. The predicted molar refractivity (Wildman–Crippen MR) is 102 cm³/mol. The molecule has 1 heterocycles. The van der Waals surface area contributed by atoms with Crippen molar-refractivity contribution in [1.82, 2.24) is 4.90 Å². The Kier molecular flexibility index (Phi) is 4.85. The van der Waals surface area contributed by atoms with E-state index >= 15 is 0 Å². The van der Waals surface area contributed by atoms with Crippen LogP contribution in [0.1, 0.15) is 31.1 Å². The topological polar surface area (TPSA) is 96.3 Å². The molecular formula is C21H18N2O5.